The van der Waals surface area contributed by atoms with Crippen molar-refractivity contribution in [2.45, 2.75) is 19.3 Å². The van der Waals surface area contributed by atoms with Crippen molar-refractivity contribution in [3.63, 3.8) is 0 Å². The summed E-state index contributed by atoms with van der Waals surface area (Å²) in [5, 5.41) is 11.4. The van der Waals surface area contributed by atoms with E-state index in [1.807, 2.05) is 0 Å². The molecule has 0 saturated carbocycles. The standard InChI is InChI=1S/C10H21NO3S/c1-14-7-8-15-9-10(13)11-5-3-2-4-6-12/h12H,2-9H2,1H3,(H,11,13). The fraction of sp³-hybridized carbons (Fsp3) is 0.900. The third-order valence-electron chi connectivity index (χ3n) is 1.82. The van der Waals surface area contributed by atoms with Gasteiger partial charge in [0.25, 0.3) is 0 Å². The molecule has 1 amide bonds. The van der Waals surface area contributed by atoms with Gasteiger partial charge in [0.05, 0.1) is 12.4 Å². The molecular weight excluding hydrogens is 214 g/mol. The molecule has 0 heterocycles. The summed E-state index contributed by atoms with van der Waals surface area (Å²) in [7, 11) is 1.65. The van der Waals surface area contributed by atoms with Crippen molar-refractivity contribution in [1.82, 2.24) is 5.32 Å². The SMILES string of the molecule is COCCSCC(=O)NCCCCCO. The van der Waals surface area contributed by atoms with Gasteiger partial charge in [0.1, 0.15) is 0 Å². The minimum absolute atomic E-state index is 0.0834. The van der Waals surface area contributed by atoms with Gasteiger partial charge in [-0.2, -0.15) is 0 Å². The average Bonchev–Trinajstić information content (AvgIpc) is 2.24. The topological polar surface area (TPSA) is 58.6 Å². The zero-order valence-electron chi connectivity index (χ0n) is 9.33. The maximum atomic E-state index is 11.2. The normalized spacial score (nSPS) is 10.3. The molecule has 0 unspecified atom stereocenters. The highest BCUT2D eigenvalue weighted by molar-refractivity contribution is 7.99. The van der Waals surface area contributed by atoms with E-state index in [9.17, 15) is 4.79 Å². The van der Waals surface area contributed by atoms with Crippen LogP contribution in [-0.4, -0.2) is 49.4 Å². The quantitative estimate of drug-likeness (QED) is 0.546. The predicted octanol–water partition coefficient (Wildman–Crippen LogP) is 0.645. The van der Waals surface area contributed by atoms with E-state index in [1.54, 1.807) is 18.9 Å². The van der Waals surface area contributed by atoms with E-state index < -0.39 is 0 Å². The molecule has 0 aromatic rings. The largest absolute Gasteiger partial charge is 0.396 e. The molecule has 0 bridgehead atoms. The Kier molecular flexibility index (Phi) is 11.6. The third kappa shape index (κ3) is 11.7. The maximum Gasteiger partial charge on any atom is 0.229 e. The smallest absolute Gasteiger partial charge is 0.229 e. The molecular formula is C10H21NO3S. The summed E-state index contributed by atoms with van der Waals surface area (Å²) in [4.78, 5) is 11.2. The van der Waals surface area contributed by atoms with E-state index in [0.717, 1.165) is 25.0 Å². The van der Waals surface area contributed by atoms with E-state index in [4.69, 9.17) is 9.84 Å². The van der Waals surface area contributed by atoms with Crippen molar-refractivity contribution in [2.24, 2.45) is 0 Å². The van der Waals surface area contributed by atoms with Gasteiger partial charge >= 0.3 is 0 Å². The zero-order chi connectivity index (χ0) is 11.4. The number of carbonyl (C=O) groups is 1. The number of carbonyl (C=O) groups excluding carboxylic acids is 1. The monoisotopic (exact) mass is 235 g/mol. The molecule has 0 aliphatic heterocycles. The summed E-state index contributed by atoms with van der Waals surface area (Å²) < 4.78 is 4.87. The molecule has 0 aliphatic carbocycles. The Hall–Kier alpha value is -0.260. The minimum Gasteiger partial charge on any atom is -0.396 e. The van der Waals surface area contributed by atoms with Crippen molar-refractivity contribution in [1.29, 1.82) is 0 Å². The maximum absolute atomic E-state index is 11.2. The summed E-state index contributed by atoms with van der Waals surface area (Å²) in [6.45, 7) is 1.64. The Morgan fingerprint density at radius 1 is 1.40 bits per heavy atom. The number of thioether (sulfide) groups is 1. The van der Waals surface area contributed by atoms with Crippen molar-refractivity contribution in [3.8, 4) is 0 Å². The van der Waals surface area contributed by atoms with Crippen LogP contribution in [0.2, 0.25) is 0 Å². The molecule has 90 valence electrons. The van der Waals surface area contributed by atoms with Crippen LogP contribution in [-0.2, 0) is 9.53 Å². The van der Waals surface area contributed by atoms with Crippen LogP contribution in [0.15, 0.2) is 0 Å². The van der Waals surface area contributed by atoms with Crippen LogP contribution >= 0.6 is 11.8 Å². The summed E-state index contributed by atoms with van der Waals surface area (Å²) >= 11 is 1.58. The van der Waals surface area contributed by atoms with Gasteiger partial charge in [-0.3, -0.25) is 4.79 Å². The number of hydrogen-bond acceptors (Lipinski definition) is 4. The molecule has 0 saturated heterocycles. The number of aliphatic hydroxyl groups is 1. The number of rotatable bonds is 10. The summed E-state index contributed by atoms with van der Waals surface area (Å²) in [5.74, 6) is 1.44. The van der Waals surface area contributed by atoms with E-state index in [2.05, 4.69) is 5.32 Å². The first-order valence-electron chi connectivity index (χ1n) is 5.25. The number of ether oxygens (including phenoxy) is 1. The first kappa shape index (κ1) is 14.7. The van der Waals surface area contributed by atoms with Crippen molar-refractivity contribution in [2.75, 3.05) is 38.4 Å². The van der Waals surface area contributed by atoms with Crippen LogP contribution < -0.4 is 5.32 Å². The minimum atomic E-state index is 0.0834. The van der Waals surface area contributed by atoms with Crippen LogP contribution in [0.5, 0.6) is 0 Å². The number of nitrogens with one attached hydrogen (secondary N) is 1. The summed E-state index contributed by atoms with van der Waals surface area (Å²) in [5.41, 5.74) is 0. The number of aliphatic hydroxyl groups excluding tert-OH is 1. The molecule has 0 atom stereocenters. The molecule has 4 nitrogen and oxygen atoms in total. The molecule has 5 heteroatoms. The van der Waals surface area contributed by atoms with Crippen LogP contribution in [0.1, 0.15) is 19.3 Å². The lowest BCUT2D eigenvalue weighted by Gasteiger charge is -2.04. The Balaban J connectivity index is 3.11. The molecule has 0 spiro atoms. The highest BCUT2D eigenvalue weighted by atomic mass is 32.2. The molecule has 0 radical (unpaired) electrons. The predicted molar refractivity (Wildman–Crippen MR) is 63.1 cm³/mol. The van der Waals surface area contributed by atoms with Gasteiger partial charge in [-0.05, 0) is 19.3 Å². The number of unbranched alkanes of at least 4 members (excludes halogenated alkanes) is 2. The van der Waals surface area contributed by atoms with E-state index in [1.165, 1.54) is 0 Å². The highest BCUT2D eigenvalue weighted by Crippen LogP contribution is 1.98. The number of amides is 1. The Labute approximate surface area is 95.8 Å². The van der Waals surface area contributed by atoms with E-state index in [0.29, 0.717) is 18.9 Å². The zero-order valence-corrected chi connectivity index (χ0v) is 10.1. The van der Waals surface area contributed by atoms with Crippen LogP contribution in [0.3, 0.4) is 0 Å². The average molecular weight is 235 g/mol. The fourth-order valence-corrected chi connectivity index (χ4v) is 1.72. The second kappa shape index (κ2) is 11.8. The molecule has 0 fully saturated rings. The molecule has 0 aromatic carbocycles. The second-order valence-electron chi connectivity index (χ2n) is 3.18. The van der Waals surface area contributed by atoms with Gasteiger partial charge in [0, 0.05) is 26.0 Å². The van der Waals surface area contributed by atoms with Crippen LogP contribution in [0, 0.1) is 0 Å². The molecule has 0 aliphatic rings. The first-order chi connectivity index (χ1) is 7.31. The first-order valence-corrected chi connectivity index (χ1v) is 6.41. The Morgan fingerprint density at radius 2 is 2.20 bits per heavy atom. The second-order valence-corrected chi connectivity index (χ2v) is 4.28. The van der Waals surface area contributed by atoms with Gasteiger partial charge in [-0.25, -0.2) is 0 Å². The van der Waals surface area contributed by atoms with Gasteiger partial charge in [0.2, 0.25) is 5.91 Å². The highest BCUT2D eigenvalue weighted by Gasteiger charge is 1.99. The number of methoxy groups -OCH3 is 1. The van der Waals surface area contributed by atoms with Crippen molar-refractivity contribution in [3.05, 3.63) is 0 Å². The van der Waals surface area contributed by atoms with E-state index >= 15 is 0 Å². The molecule has 15 heavy (non-hydrogen) atoms. The summed E-state index contributed by atoms with van der Waals surface area (Å²) in [6.07, 6.45) is 2.72. The van der Waals surface area contributed by atoms with Crippen molar-refractivity contribution >= 4 is 17.7 Å². The third-order valence-corrected chi connectivity index (χ3v) is 2.74. The molecule has 2 N–H and O–H groups in total. The Bertz CT molecular complexity index is 156. The number of hydrogen-bond donors (Lipinski definition) is 2. The van der Waals surface area contributed by atoms with E-state index in [-0.39, 0.29) is 12.5 Å². The molecule has 0 rings (SSSR count). The molecule has 0 aromatic heterocycles. The lowest BCUT2D eigenvalue weighted by molar-refractivity contribution is -0.118. The van der Waals surface area contributed by atoms with Crippen molar-refractivity contribution < 1.29 is 14.6 Å². The lowest BCUT2D eigenvalue weighted by Crippen LogP contribution is -2.26. The van der Waals surface area contributed by atoms with Gasteiger partial charge in [-0.1, -0.05) is 0 Å². The van der Waals surface area contributed by atoms with Crippen LogP contribution in [0.25, 0.3) is 0 Å². The summed E-state index contributed by atoms with van der Waals surface area (Å²) in [6, 6.07) is 0. The Morgan fingerprint density at radius 3 is 2.87 bits per heavy atom. The fourth-order valence-electron chi connectivity index (χ4n) is 1.000. The van der Waals surface area contributed by atoms with Gasteiger partial charge in [-0.15, -0.1) is 11.8 Å². The van der Waals surface area contributed by atoms with Gasteiger partial charge < -0.3 is 15.2 Å². The lowest BCUT2D eigenvalue weighted by atomic mass is 10.2. The van der Waals surface area contributed by atoms with Crippen LogP contribution in [0.4, 0.5) is 0 Å². The van der Waals surface area contributed by atoms with Gasteiger partial charge in [0.15, 0.2) is 0 Å².